The Kier molecular flexibility index (Phi) is 3.55. The zero-order valence-electron chi connectivity index (χ0n) is 9.81. The molecule has 0 atom stereocenters. The van der Waals surface area contributed by atoms with Crippen LogP contribution in [-0.2, 0) is 6.54 Å². The summed E-state index contributed by atoms with van der Waals surface area (Å²) >= 11 is 0. The first-order chi connectivity index (χ1) is 8.56. The van der Waals surface area contributed by atoms with Gasteiger partial charge < -0.3 is 5.32 Å². The van der Waals surface area contributed by atoms with E-state index in [0.717, 1.165) is 23.8 Å². The van der Waals surface area contributed by atoms with Crippen molar-refractivity contribution in [3.05, 3.63) is 65.0 Å². The molecule has 0 aromatic heterocycles. The molecule has 2 aromatic carbocycles. The van der Waals surface area contributed by atoms with Crippen molar-refractivity contribution in [3.63, 3.8) is 0 Å². The van der Waals surface area contributed by atoms with Gasteiger partial charge in [-0.3, -0.25) is 0 Å². The summed E-state index contributed by atoms with van der Waals surface area (Å²) in [5.74, 6) is -1.44. The van der Waals surface area contributed by atoms with Gasteiger partial charge in [-0.1, -0.05) is 6.07 Å². The van der Waals surface area contributed by atoms with Crippen molar-refractivity contribution in [2.24, 2.45) is 0 Å². The maximum absolute atomic E-state index is 13.5. The molecule has 0 unspecified atom stereocenters. The van der Waals surface area contributed by atoms with Gasteiger partial charge in [-0.2, -0.15) is 0 Å². The standard InChI is InChI=1S/C14H12F3N/c1-9-2-5-14(13(17)6-9)18-8-10-7-11(15)3-4-12(10)16/h2-7,18H,8H2,1H3. The van der Waals surface area contributed by atoms with Crippen molar-refractivity contribution >= 4 is 5.69 Å². The van der Waals surface area contributed by atoms with Crippen LogP contribution in [0.15, 0.2) is 36.4 Å². The van der Waals surface area contributed by atoms with Crippen LogP contribution in [0, 0.1) is 24.4 Å². The second kappa shape index (κ2) is 5.12. The summed E-state index contributed by atoms with van der Waals surface area (Å²) in [5.41, 5.74) is 1.23. The monoisotopic (exact) mass is 251 g/mol. The minimum atomic E-state index is -0.517. The van der Waals surface area contributed by atoms with Crippen LogP contribution in [0.4, 0.5) is 18.9 Å². The van der Waals surface area contributed by atoms with Crippen LogP contribution in [0.25, 0.3) is 0 Å². The summed E-state index contributed by atoms with van der Waals surface area (Å²) in [6, 6.07) is 7.89. The van der Waals surface area contributed by atoms with E-state index in [1.807, 2.05) is 0 Å². The van der Waals surface area contributed by atoms with Crippen molar-refractivity contribution in [2.45, 2.75) is 13.5 Å². The van der Waals surface area contributed by atoms with E-state index in [0.29, 0.717) is 0 Å². The predicted molar refractivity (Wildman–Crippen MR) is 64.8 cm³/mol. The third-order valence-electron chi connectivity index (χ3n) is 2.60. The summed E-state index contributed by atoms with van der Waals surface area (Å²) in [7, 11) is 0. The molecule has 1 N–H and O–H groups in total. The van der Waals surface area contributed by atoms with E-state index in [-0.39, 0.29) is 17.8 Å². The highest BCUT2D eigenvalue weighted by atomic mass is 19.1. The molecule has 0 radical (unpaired) electrons. The summed E-state index contributed by atoms with van der Waals surface area (Å²) in [6.07, 6.45) is 0. The molecule has 18 heavy (non-hydrogen) atoms. The second-order valence-corrected chi connectivity index (χ2v) is 4.07. The summed E-state index contributed by atoms with van der Waals surface area (Å²) in [4.78, 5) is 0. The van der Waals surface area contributed by atoms with Gasteiger partial charge in [0, 0.05) is 12.1 Å². The van der Waals surface area contributed by atoms with Crippen molar-refractivity contribution in [1.29, 1.82) is 0 Å². The van der Waals surface area contributed by atoms with Gasteiger partial charge in [-0.05, 0) is 42.8 Å². The van der Waals surface area contributed by atoms with Gasteiger partial charge in [0.1, 0.15) is 17.5 Å². The maximum Gasteiger partial charge on any atom is 0.146 e. The lowest BCUT2D eigenvalue weighted by atomic mass is 10.2. The summed E-state index contributed by atoms with van der Waals surface area (Å²) < 4.78 is 39.8. The van der Waals surface area contributed by atoms with Crippen LogP contribution in [-0.4, -0.2) is 0 Å². The van der Waals surface area contributed by atoms with Crippen LogP contribution in [0.5, 0.6) is 0 Å². The molecular formula is C14H12F3N. The fraction of sp³-hybridized carbons (Fsp3) is 0.143. The fourth-order valence-corrected chi connectivity index (χ4v) is 1.63. The molecule has 94 valence electrons. The third-order valence-corrected chi connectivity index (χ3v) is 2.60. The Bertz CT molecular complexity index is 567. The number of benzene rings is 2. The molecule has 4 heteroatoms. The zero-order chi connectivity index (χ0) is 13.1. The average Bonchev–Trinajstić information content (AvgIpc) is 2.32. The van der Waals surface area contributed by atoms with Gasteiger partial charge in [0.25, 0.3) is 0 Å². The Balaban J connectivity index is 2.13. The quantitative estimate of drug-likeness (QED) is 0.868. The van der Waals surface area contributed by atoms with Gasteiger partial charge in [-0.15, -0.1) is 0 Å². The Hall–Kier alpha value is -1.97. The molecule has 0 bridgehead atoms. The van der Waals surface area contributed by atoms with Crippen LogP contribution in [0.1, 0.15) is 11.1 Å². The molecule has 0 heterocycles. The van der Waals surface area contributed by atoms with Crippen molar-refractivity contribution < 1.29 is 13.2 Å². The second-order valence-electron chi connectivity index (χ2n) is 4.07. The third kappa shape index (κ3) is 2.83. The van der Waals surface area contributed by atoms with Gasteiger partial charge in [0.05, 0.1) is 5.69 Å². The number of rotatable bonds is 3. The number of anilines is 1. The lowest BCUT2D eigenvalue weighted by molar-refractivity contribution is 0.587. The van der Waals surface area contributed by atoms with Crippen LogP contribution < -0.4 is 5.32 Å². The molecule has 0 aliphatic heterocycles. The highest BCUT2D eigenvalue weighted by Gasteiger charge is 2.06. The van der Waals surface area contributed by atoms with E-state index in [1.165, 1.54) is 6.07 Å². The van der Waals surface area contributed by atoms with Crippen LogP contribution in [0.2, 0.25) is 0 Å². The summed E-state index contributed by atoms with van der Waals surface area (Å²) in [5, 5.41) is 2.74. The zero-order valence-corrected chi connectivity index (χ0v) is 9.81. The number of aryl methyl sites for hydroxylation is 1. The topological polar surface area (TPSA) is 12.0 Å². The molecule has 0 saturated carbocycles. The molecule has 0 saturated heterocycles. The molecule has 0 aliphatic rings. The summed E-state index contributed by atoms with van der Waals surface area (Å²) in [6.45, 7) is 1.81. The molecule has 0 aliphatic carbocycles. The number of halogens is 3. The SMILES string of the molecule is Cc1ccc(NCc2cc(F)ccc2F)c(F)c1. The highest BCUT2D eigenvalue weighted by molar-refractivity contribution is 5.46. The number of nitrogens with one attached hydrogen (secondary N) is 1. The van der Waals surface area contributed by atoms with Crippen molar-refractivity contribution in [3.8, 4) is 0 Å². The smallest absolute Gasteiger partial charge is 0.146 e. The molecule has 0 amide bonds. The minimum absolute atomic E-state index is 0.0313. The normalized spacial score (nSPS) is 10.4. The molecule has 0 spiro atoms. The van der Waals surface area contributed by atoms with E-state index in [2.05, 4.69) is 5.32 Å². The van der Waals surface area contributed by atoms with E-state index in [9.17, 15) is 13.2 Å². The average molecular weight is 251 g/mol. The van der Waals surface area contributed by atoms with Crippen LogP contribution >= 0.6 is 0 Å². The highest BCUT2D eigenvalue weighted by Crippen LogP contribution is 2.17. The molecule has 0 fully saturated rings. The lowest BCUT2D eigenvalue weighted by Gasteiger charge is -2.09. The minimum Gasteiger partial charge on any atom is -0.378 e. The van der Waals surface area contributed by atoms with Gasteiger partial charge in [-0.25, -0.2) is 13.2 Å². The first kappa shape index (κ1) is 12.5. The van der Waals surface area contributed by atoms with Gasteiger partial charge in [0.15, 0.2) is 0 Å². The fourth-order valence-electron chi connectivity index (χ4n) is 1.63. The van der Waals surface area contributed by atoms with Crippen molar-refractivity contribution in [1.82, 2.24) is 0 Å². The Morgan fingerprint density at radius 1 is 0.944 bits per heavy atom. The number of hydrogen-bond donors (Lipinski definition) is 1. The molecular weight excluding hydrogens is 239 g/mol. The first-order valence-electron chi connectivity index (χ1n) is 5.50. The lowest BCUT2D eigenvalue weighted by Crippen LogP contribution is -2.04. The van der Waals surface area contributed by atoms with Gasteiger partial charge in [0.2, 0.25) is 0 Å². The number of hydrogen-bond acceptors (Lipinski definition) is 1. The van der Waals surface area contributed by atoms with E-state index in [1.54, 1.807) is 19.1 Å². The van der Waals surface area contributed by atoms with E-state index >= 15 is 0 Å². The van der Waals surface area contributed by atoms with Crippen LogP contribution in [0.3, 0.4) is 0 Å². The molecule has 2 aromatic rings. The Morgan fingerprint density at radius 3 is 2.44 bits per heavy atom. The Labute approximate surface area is 103 Å². The Morgan fingerprint density at radius 2 is 1.72 bits per heavy atom. The largest absolute Gasteiger partial charge is 0.378 e. The van der Waals surface area contributed by atoms with Crippen molar-refractivity contribution in [2.75, 3.05) is 5.32 Å². The van der Waals surface area contributed by atoms with E-state index in [4.69, 9.17) is 0 Å². The van der Waals surface area contributed by atoms with E-state index < -0.39 is 17.5 Å². The maximum atomic E-state index is 13.5. The first-order valence-corrected chi connectivity index (χ1v) is 5.50. The molecule has 1 nitrogen and oxygen atoms in total. The van der Waals surface area contributed by atoms with Gasteiger partial charge >= 0.3 is 0 Å². The predicted octanol–water partition coefficient (Wildman–Crippen LogP) is 4.02. The molecule has 2 rings (SSSR count).